The zero-order chi connectivity index (χ0) is 13.1. The van der Waals surface area contributed by atoms with E-state index in [0.29, 0.717) is 6.04 Å². The van der Waals surface area contributed by atoms with Crippen LogP contribution in [0.25, 0.3) is 11.3 Å². The van der Waals surface area contributed by atoms with Crippen LogP contribution in [-0.4, -0.2) is 16.2 Å². The van der Waals surface area contributed by atoms with Gasteiger partial charge in [0.2, 0.25) is 0 Å². The Labute approximate surface area is 114 Å². The molecule has 1 aliphatic rings. The Morgan fingerprint density at radius 1 is 1.26 bits per heavy atom. The summed E-state index contributed by atoms with van der Waals surface area (Å²) in [5.41, 5.74) is 3.45. The van der Waals surface area contributed by atoms with Crippen molar-refractivity contribution in [3.05, 3.63) is 36.5 Å². The van der Waals surface area contributed by atoms with Crippen LogP contribution < -0.4 is 5.32 Å². The van der Waals surface area contributed by atoms with Crippen molar-refractivity contribution in [2.24, 2.45) is 5.92 Å². The molecule has 0 radical (unpaired) electrons. The van der Waals surface area contributed by atoms with Crippen LogP contribution in [0.4, 0.5) is 5.69 Å². The van der Waals surface area contributed by atoms with Crippen molar-refractivity contribution in [2.75, 3.05) is 5.32 Å². The molecular formula is C16H21N3. The predicted octanol–water partition coefficient (Wildman–Crippen LogP) is 4.07. The van der Waals surface area contributed by atoms with E-state index in [1.54, 1.807) is 6.20 Å². The molecule has 0 spiro atoms. The molecule has 100 valence electrons. The lowest BCUT2D eigenvalue weighted by atomic mass is 9.99. The van der Waals surface area contributed by atoms with E-state index in [9.17, 15) is 0 Å². The summed E-state index contributed by atoms with van der Waals surface area (Å²) in [5, 5.41) is 10.7. The SMILES string of the molecule is CC(Nc1cccc(-c2ccn[nH]2)c1)C1CCCC1. The molecule has 2 N–H and O–H groups in total. The molecular weight excluding hydrogens is 234 g/mol. The van der Waals surface area contributed by atoms with Crippen LogP contribution in [0.5, 0.6) is 0 Å². The van der Waals surface area contributed by atoms with Crippen molar-refractivity contribution < 1.29 is 0 Å². The van der Waals surface area contributed by atoms with Crippen LogP contribution in [0.1, 0.15) is 32.6 Å². The van der Waals surface area contributed by atoms with Gasteiger partial charge in [0.05, 0.1) is 5.69 Å². The molecule has 0 saturated heterocycles. The number of hydrogen-bond donors (Lipinski definition) is 2. The fourth-order valence-electron chi connectivity index (χ4n) is 3.03. The maximum atomic E-state index is 4.01. The van der Waals surface area contributed by atoms with Gasteiger partial charge in [-0.2, -0.15) is 5.10 Å². The summed E-state index contributed by atoms with van der Waals surface area (Å²) < 4.78 is 0. The molecule has 19 heavy (non-hydrogen) atoms. The second-order valence-electron chi connectivity index (χ2n) is 5.53. The van der Waals surface area contributed by atoms with Gasteiger partial charge in [-0.1, -0.05) is 25.0 Å². The monoisotopic (exact) mass is 255 g/mol. The summed E-state index contributed by atoms with van der Waals surface area (Å²) >= 11 is 0. The molecule has 0 bridgehead atoms. The van der Waals surface area contributed by atoms with Gasteiger partial charge in [0.1, 0.15) is 0 Å². The van der Waals surface area contributed by atoms with Crippen molar-refractivity contribution in [1.29, 1.82) is 0 Å². The Hall–Kier alpha value is -1.77. The van der Waals surface area contributed by atoms with Gasteiger partial charge >= 0.3 is 0 Å². The van der Waals surface area contributed by atoms with Crippen LogP contribution >= 0.6 is 0 Å². The molecule has 3 nitrogen and oxygen atoms in total. The van der Waals surface area contributed by atoms with Gasteiger partial charge in [-0.25, -0.2) is 0 Å². The number of hydrogen-bond acceptors (Lipinski definition) is 2. The summed E-state index contributed by atoms with van der Waals surface area (Å²) in [6.07, 6.45) is 7.31. The van der Waals surface area contributed by atoms with Gasteiger partial charge in [0, 0.05) is 23.5 Å². The molecule has 1 aromatic carbocycles. The smallest absolute Gasteiger partial charge is 0.0650 e. The number of H-pyrrole nitrogens is 1. The van der Waals surface area contributed by atoms with Gasteiger partial charge < -0.3 is 5.32 Å². The van der Waals surface area contributed by atoms with Crippen LogP contribution in [0.15, 0.2) is 36.5 Å². The summed E-state index contributed by atoms with van der Waals surface area (Å²) in [7, 11) is 0. The topological polar surface area (TPSA) is 40.7 Å². The Kier molecular flexibility index (Phi) is 3.53. The van der Waals surface area contributed by atoms with Crippen molar-refractivity contribution in [3.63, 3.8) is 0 Å². The van der Waals surface area contributed by atoms with E-state index in [1.807, 2.05) is 6.07 Å². The minimum atomic E-state index is 0.555. The summed E-state index contributed by atoms with van der Waals surface area (Å²) in [6.45, 7) is 2.30. The third-order valence-electron chi connectivity index (χ3n) is 4.18. The molecule has 3 heteroatoms. The molecule has 1 atom stereocenters. The van der Waals surface area contributed by atoms with Gasteiger partial charge in [-0.05, 0) is 43.9 Å². The average molecular weight is 255 g/mol. The van der Waals surface area contributed by atoms with E-state index in [1.165, 1.54) is 36.9 Å². The molecule has 2 aromatic rings. The quantitative estimate of drug-likeness (QED) is 0.864. The number of nitrogens with one attached hydrogen (secondary N) is 2. The van der Waals surface area contributed by atoms with Crippen LogP contribution in [0, 0.1) is 5.92 Å². The Bertz CT molecular complexity index is 513. The lowest BCUT2D eigenvalue weighted by Crippen LogP contribution is -2.23. The van der Waals surface area contributed by atoms with E-state index < -0.39 is 0 Å². The van der Waals surface area contributed by atoms with Crippen LogP contribution in [0.3, 0.4) is 0 Å². The van der Waals surface area contributed by atoms with Crippen molar-refractivity contribution in [2.45, 2.75) is 38.6 Å². The standard InChI is InChI=1S/C16H21N3/c1-12(13-5-2-3-6-13)18-15-8-4-7-14(11-15)16-9-10-17-19-16/h4,7-13,18H,2-3,5-6H2,1H3,(H,17,19). The summed E-state index contributed by atoms with van der Waals surface area (Å²) in [4.78, 5) is 0. The number of aromatic amines is 1. The minimum Gasteiger partial charge on any atom is -0.382 e. The number of aromatic nitrogens is 2. The molecule has 1 saturated carbocycles. The van der Waals surface area contributed by atoms with Crippen LogP contribution in [0.2, 0.25) is 0 Å². The van der Waals surface area contributed by atoms with Crippen molar-refractivity contribution in [1.82, 2.24) is 10.2 Å². The van der Waals surface area contributed by atoms with Crippen molar-refractivity contribution >= 4 is 5.69 Å². The normalized spacial score (nSPS) is 17.5. The highest BCUT2D eigenvalue weighted by Crippen LogP contribution is 2.30. The molecule has 1 aromatic heterocycles. The van der Waals surface area contributed by atoms with Gasteiger partial charge in [-0.15, -0.1) is 0 Å². The largest absolute Gasteiger partial charge is 0.382 e. The Morgan fingerprint density at radius 2 is 2.11 bits per heavy atom. The van der Waals surface area contributed by atoms with E-state index in [0.717, 1.165) is 11.6 Å². The van der Waals surface area contributed by atoms with Gasteiger partial charge in [0.25, 0.3) is 0 Å². The number of nitrogens with zero attached hydrogens (tertiary/aromatic N) is 1. The van der Waals surface area contributed by atoms with Gasteiger partial charge in [0.15, 0.2) is 0 Å². The van der Waals surface area contributed by atoms with E-state index in [4.69, 9.17) is 0 Å². The lowest BCUT2D eigenvalue weighted by Gasteiger charge is -2.21. The maximum Gasteiger partial charge on any atom is 0.0650 e. The molecule has 1 unspecified atom stereocenters. The van der Waals surface area contributed by atoms with E-state index in [-0.39, 0.29) is 0 Å². The molecule has 3 rings (SSSR count). The summed E-state index contributed by atoms with van der Waals surface area (Å²) in [6, 6.07) is 11.1. The lowest BCUT2D eigenvalue weighted by molar-refractivity contribution is 0.482. The minimum absolute atomic E-state index is 0.555. The molecule has 1 fully saturated rings. The number of anilines is 1. The molecule has 1 heterocycles. The first-order chi connectivity index (χ1) is 9.33. The van der Waals surface area contributed by atoms with Crippen molar-refractivity contribution in [3.8, 4) is 11.3 Å². The number of benzene rings is 1. The average Bonchev–Trinajstić information content (AvgIpc) is 3.13. The first kappa shape index (κ1) is 12.3. The zero-order valence-electron chi connectivity index (χ0n) is 11.4. The second kappa shape index (κ2) is 5.47. The number of rotatable bonds is 4. The van der Waals surface area contributed by atoms with E-state index >= 15 is 0 Å². The van der Waals surface area contributed by atoms with E-state index in [2.05, 4.69) is 46.7 Å². The zero-order valence-corrected chi connectivity index (χ0v) is 11.4. The maximum absolute atomic E-state index is 4.01. The second-order valence-corrected chi connectivity index (χ2v) is 5.53. The first-order valence-corrected chi connectivity index (χ1v) is 7.19. The first-order valence-electron chi connectivity index (χ1n) is 7.19. The fraction of sp³-hybridized carbons (Fsp3) is 0.438. The Morgan fingerprint density at radius 3 is 2.84 bits per heavy atom. The predicted molar refractivity (Wildman–Crippen MR) is 79.1 cm³/mol. The van der Waals surface area contributed by atoms with Gasteiger partial charge in [-0.3, -0.25) is 5.10 Å². The third kappa shape index (κ3) is 2.80. The highest BCUT2D eigenvalue weighted by Gasteiger charge is 2.21. The third-order valence-corrected chi connectivity index (χ3v) is 4.18. The highest BCUT2D eigenvalue weighted by molar-refractivity contribution is 5.64. The highest BCUT2D eigenvalue weighted by atomic mass is 15.1. The molecule has 1 aliphatic carbocycles. The summed E-state index contributed by atoms with van der Waals surface area (Å²) in [5.74, 6) is 0.829. The Balaban J connectivity index is 1.72. The van der Waals surface area contributed by atoms with Crippen LogP contribution in [-0.2, 0) is 0 Å². The molecule has 0 aliphatic heterocycles. The fourth-order valence-corrected chi connectivity index (χ4v) is 3.03. The molecule has 0 amide bonds.